The molecule has 0 aromatic heterocycles. The molecule has 0 bridgehead atoms. The Balaban J connectivity index is 1.63. The van der Waals surface area contributed by atoms with Gasteiger partial charge < -0.3 is 4.74 Å². The van der Waals surface area contributed by atoms with Crippen LogP contribution in [0.2, 0.25) is 0 Å². The van der Waals surface area contributed by atoms with Crippen molar-refractivity contribution in [1.29, 1.82) is 0 Å². The van der Waals surface area contributed by atoms with Crippen molar-refractivity contribution < 1.29 is 14.5 Å². The molecular formula is C22H18N2O4. The zero-order chi connectivity index (χ0) is 19.5. The molecule has 1 aliphatic heterocycles. The summed E-state index contributed by atoms with van der Waals surface area (Å²) < 4.78 is 5.52. The van der Waals surface area contributed by atoms with E-state index in [-0.39, 0.29) is 17.5 Å². The van der Waals surface area contributed by atoms with Crippen LogP contribution in [0.4, 0.5) is 10.5 Å². The van der Waals surface area contributed by atoms with Crippen LogP contribution in [-0.4, -0.2) is 22.5 Å². The van der Waals surface area contributed by atoms with Gasteiger partial charge in [-0.3, -0.25) is 15.0 Å². The second-order valence-electron chi connectivity index (χ2n) is 6.57. The lowest BCUT2D eigenvalue weighted by Gasteiger charge is -2.36. The Morgan fingerprint density at radius 1 is 0.964 bits per heavy atom. The predicted octanol–water partition coefficient (Wildman–Crippen LogP) is 4.74. The highest BCUT2D eigenvalue weighted by molar-refractivity contribution is 5.73. The summed E-state index contributed by atoms with van der Waals surface area (Å²) in [6, 6.07) is 23.2. The van der Waals surface area contributed by atoms with Crippen LogP contribution in [-0.2, 0) is 6.42 Å². The molecule has 1 unspecified atom stereocenters. The number of rotatable bonds is 3. The Kier molecular flexibility index (Phi) is 4.76. The van der Waals surface area contributed by atoms with Crippen LogP contribution in [0.1, 0.15) is 22.7 Å². The lowest BCUT2D eigenvalue weighted by molar-refractivity contribution is -0.384. The zero-order valence-electron chi connectivity index (χ0n) is 15.0. The summed E-state index contributed by atoms with van der Waals surface area (Å²) in [5.74, 6) is 0.279. The molecule has 6 heteroatoms. The largest absolute Gasteiger partial charge is 0.416 e. The van der Waals surface area contributed by atoms with Gasteiger partial charge in [0.1, 0.15) is 5.75 Å². The molecule has 0 spiro atoms. The molecular weight excluding hydrogens is 356 g/mol. The molecule has 6 nitrogen and oxygen atoms in total. The fourth-order valence-electron chi connectivity index (χ4n) is 3.55. The second-order valence-corrected chi connectivity index (χ2v) is 6.57. The van der Waals surface area contributed by atoms with Gasteiger partial charge in [0.15, 0.2) is 0 Å². The topological polar surface area (TPSA) is 72.7 Å². The fraction of sp³-hybridized carbons (Fsp3) is 0.136. The third-order valence-electron chi connectivity index (χ3n) is 4.89. The first-order valence-electron chi connectivity index (χ1n) is 8.99. The second kappa shape index (κ2) is 7.52. The minimum atomic E-state index is -0.487. The first kappa shape index (κ1) is 17.7. The zero-order valence-corrected chi connectivity index (χ0v) is 15.0. The van der Waals surface area contributed by atoms with Crippen molar-refractivity contribution in [3.05, 3.63) is 106 Å². The van der Waals surface area contributed by atoms with Crippen LogP contribution in [0.5, 0.6) is 5.75 Å². The van der Waals surface area contributed by atoms with Gasteiger partial charge in [-0.05, 0) is 35.2 Å². The number of ether oxygens (including phenoxy) is 1. The van der Waals surface area contributed by atoms with E-state index < -0.39 is 11.0 Å². The van der Waals surface area contributed by atoms with E-state index >= 15 is 0 Å². The highest BCUT2D eigenvalue weighted by Gasteiger charge is 2.33. The SMILES string of the molecule is O=C(Oc1ccc([N+](=O)[O-])cc1)N1CCc2ccccc2C1c1ccccc1. The molecule has 1 heterocycles. The number of fused-ring (bicyclic) bond motifs is 1. The molecule has 0 saturated carbocycles. The molecule has 3 aromatic carbocycles. The molecule has 3 aromatic rings. The molecule has 140 valence electrons. The Morgan fingerprint density at radius 3 is 2.36 bits per heavy atom. The number of amides is 1. The highest BCUT2D eigenvalue weighted by atomic mass is 16.6. The van der Waals surface area contributed by atoms with Crippen LogP contribution in [0.3, 0.4) is 0 Å². The Morgan fingerprint density at radius 2 is 1.64 bits per heavy atom. The number of hydrogen-bond acceptors (Lipinski definition) is 4. The average Bonchev–Trinajstić information content (AvgIpc) is 2.74. The van der Waals surface area contributed by atoms with Crippen LogP contribution in [0.15, 0.2) is 78.9 Å². The summed E-state index contributed by atoms with van der Waals surface area (Å²) in [6.07, 6.45) is 0.270. The number of non-ortho nitro benzene ring substituents is 1. The summed E-state index contributed by atoms with van der Waals surface area (Å²) in [7, 11) is 0. The fourth-order valence-corrected chi connectivity index (χ4v) is 3.55. The van der Waals surface area contributed by atoms with Gasteiger partial charge in [0.05, 0.1) is 11.0 Å². The van der Waals surface area contributed by atoms with E-state index in [4.69, 9.17) is 4.74 Å². The monoisotopic (exact) mass is 374 g/mol. The minimum Gasteiger partial charge on any atom is -0.410 e. The van der Waals surface area contributed by atoms with Gasteiger partial charge in [-0.15, -0.1) is 0 Å². The van der Waals surface area contributed by atoms with Crippen LogP contribution >= 0.6 is 0 Å². The van der Waals surface area contributed by atoms with Gasteiger partial charge in [0, 0.05) is 18.7 Å². The maximum atomic E-state index is 12.9. The highest BCUT2D eigenvalue weighted by Crippen LogP contribution is 2.35. The van der Waals surface area contributed by atoms with Crippen molar-refractivity contribution in [2.75, 3.05) is 6.54 Å². The Bertz CT molecular complexity index is 1000. The van der Waals surface area contributed by atoms with E-state index in [0.717, 1.165) is 17.5 Å². The van der Waals surface area contributed by atoms with Crippen molar-refractivity contribution in [3.63, 3.8) is 0 Å². The molecule has 4 rings (SSSR count). The number of benzene rings is 3. The summed E-state index contributed by atoms with van der Waals surface area (Å²) in [6.45, 7) is 0.530. The number of nitro groups is 1. The maximum absolute atomic E-state index is 12.9. The van der Waals surface area contributed by atoms with Gasteiger partial charge in [0.25, 0.3) is 5.69 Å². The molecule has 0 fully saturated rings. The molecule has 0 N–H and O–H groups in total. The van der Waals surface area contributed by atoms with Gasteiger partial charge in [-0.25, -0.2) is 4.79 Å². The summed E-state index contributed by atoms with van der Waals surface area (Å²) in [5.41, 5.74) is 3.26. The van der Waals surface area contributed by atoms with Gasteiger partial charge in [-0.2, -0.15) is 0 Å². The molecule has 0 saturated heterocycles. The van der Waals surface area contributed by atoms with Crippen molar-refractivity contribution in [3.8, 4) is 5.75 Å². The van der Waals surface area contributed by atoms with Crippen LogP contribution in [0, 0.1) is 10.1 Å². The Hall–Kier alpha value is -3.67. The lowest BCUT2D eigenvalue weighted by Crippen LogP contribution is -2.42. The number of nitrogens with zero attached hydrogens (tertiary/aromatic N) is 2. The first-order chi connectivity index (χ1) is 13.6. The smallest absolute Gasteiger partial charge is 0.410 e. The lowest BCUT2D eigenvalue weighted by atomic mass is 9.88. The third kappa shape index (κ3) is 3.44. The maximum Gasteiger partial charge on any atom is 0.416 e. The molecule has 1 amide bonds. The molecule has 0 aliphatic carbocycles. The van der Waals surface area contributed by atoms with Gasteiger partial charge in [-0.1, -0.05) is 54.6 Å². The standard InChI is InChI=1S/C22H18N2O4/c25-22(28-19-12-10-18(11-13-19)24(26)27)23-15-14-16-6-4-5-9-20(16)21(23)17-7-2-1-3-8-17/h1-13,21H,14-15H2. The van der Waals surface area contributed by atoms with E-state index in [1.54, 1.807) is 4.90 Å². The molecule has 28 heavy (non-hydrogen) atoms. The first-order valence-corrected chi connectivity index (χ1v) is 8.99. The number of carbonyl (C=O) groups is 1. The number of nitro benzene ring substituents is 1. The van der Waals surface area contributed by atoms with Crippen molar-refractivity contribution >= 4 is 11.8 Å². The van der Waals surface area contributed by atoms with E-state index in [1.807, 2.05) is 48.5 Å². The van der Waals surface area contributed by atoms with E-state index in [1.165, 1.54) is 29.8 Å². The van der Waals surface area contributed by atoms with Crippen LogP contribution in [0.25, 0.3) is 0 Å². The molecule has 1 aliphatic rings. The third-order valence-corrected chi connectivity index (χ3v) is 4.89. The van der Waals surface area contributed by atoms with Gasteiger partial charge >= 0.3 is 6.09 Å². The number of carbonyl (C=O) groups excluding carboxylic acids is 1. The number of hydrogen-bond donors (Lipinski definition) is 0. The van der Waals surface area contributed by atoms with E-state index in [2.05, 4.69) is 6.07 Å². The van der Waals surface area contributed by atoms with Crippen molar-refractivity contribution in [1.82, 2.24) is 4.90 Å². The van der Waals surface area contributed by atoms with Crippen molar-refractivity contribution in [2.24, 2.45) is 0 Å². The van der Waals surface area contributed by atoms with E-state index in [0.29, 0.717) is 6.54 Å². The predicted molar refractivity (Wildman–Crippen MR) is 104 cm³/mol. The van der Waals surface area contributed by atoms with Gasteiger partial charge in [0.2, 0.25) is 0 Å². The van der Waals surface area contributed by atoms with E-state index in [9.17, 15) is 14.9 Å². The Labute approximate surface area is 162 Å². The van der Waals surface area contributed by atoms with Crippen molar-refractivity contribution in [2.45, 2.75) is 12.5 Å². The minimum absolute atomic E-state index is 0.0474. The summed E-state index contributed by atoms with van der Waals surface area (Å²) in [5, 5.41) is 10.8. The normalized spacial score (nSPS) is 15.6. The summed E-state index contributed by atoms with van der Waals surface area (Å²) >= 11 is 0. The quantitative estimate of drug-likeness (QED) is 0.490. The van der Waals surface area contributed by atoms with Crippen LogP contribution < -0.4 is 4.74 Å². The summed E-state index contributed by atoms with van der Waals surface area (Å²) in [4.78, 5) is 25.0. The average molecular weight is 374 g/mol. The molecule has 0 radical (unpaired) electrons. The molecule has 1 atom stereocenters.